The second-order valence-corrected chi connectivity index (χ2v) is 5.41. The third-order valence-electron chi connectivity index (χ3n) is 2.38. The van der Waals surface area contributed by atoms with E-state index < -0.39 is 5.97 Å². The molecule has 6 nitrogen and oxygen atoms in total. The second kappa shape index (κ2) is 7.90. The molecule has 21 heavy (non-hydrogen) atoms. The molecular formula is C13H13ClN2O4S. The molecule has 1 N–H and O–H groups in total. The second-order valence-electron chi connectivity index (χ2n) is 4.05. The first kappa shape index (κ1) is 15.7. The van der Waals surface area contributed by atoms with E-state index in [1.807, 2.05) is 0 Å². The van der Waals surface area contributed by atoms with E-state index in [0.717, 1.165) is 17.5 Å². The van der Waals surface area contributed by atoms with Crippen LogP contribution in [-0.2, 0) is 11.2 Å². The van der Waals surface area contributed by atoms with E-state index in [2.05, 4.69) is 10.2 Å². The minimum absolute atomic E-state index is 0.0959. The summed E-state index contributed by atoms with van der Waals surface area (Å²) >= 11 is 6.78. The number of halogens is 1. The molecule has 0 atom stereocenters. The van der Waals surface area contributed by atoms with Gasteiger partial charge < -0.3 is 14.3 Å². The van der Waals surface area contributed by atoms with Crippen molar-refractivity contribution in [1.29, 1.82) is 0 Å². The van der Waals surface area contributed by atoms with E-state index in [9.17, 15) is 4.79 Å². The molecule has 1 aromatic heterocycles. The number of thioether (sulfide) groups is 1. The highest BCUT2D eigenvalue weighted by Crippen LogP contribution is 2.17. The maximum atomic E-state index is 10.4. The summed E-state index contributed by atoms with van der Waals surface area (Å²) in [5.74, 6) is 0.211. The molecule has 112 valence electrons. The summed E-state index contributed by atoms with van der Waals surface area (Å²) in [5.41, 5.74) is 0. The first-order chi connectivity index (χ1) is 10.1. The molecule has 8 heteroatoms. The standard InChI is InChI=1S/C13H13ClN2O4S/c14-9-3-5-10(6-4-9)19-7-1-2-11-15-16-13(20-11)21-8-12(17)18/h3-6H,1-2,7-8H2,(H,17,18). The molecule has 0 aliphatic rings. The number of carboxylic acids is 1. The minimum Gasteiger partial charge on any atom is -0.494 e. The van der Waals surface area contributed by atoms with Gasteiger partial charge in [0.1, 0.15) is 11.5 Å². The van der Waals surface area contributed by atoms with Gasteiger partial charge in [-0.15, -0.1) is 10.2 Å². The lowest BCUT2D eigenvalue weighted by Gasteiger charge is -2.04. The topological polar surface area (TPSA) is 85.5 Å². The normalized spacial score (nSPS) is 10.5. The van der Waals surface area contributed by atoms with Crippen LogP contribution in [0, 0.1) is 0 Å². The van der Waals surface area contributed by atoms with Gasteiger partial charge in [0, 0.05) is 11.4 Å². The number of rotatable bonds is 8. The van der Waals surface area contributed by atoms with Gasteiger partial charge in [-0.25, -0.2) is 0 Å². The Morgan fingerprint density at radius 3 is 2.81 bits per heavy atom. The van der Waals surface area contributed by atoms with Crippen molar-refractivity contribution in [3.8, 4) is 5.75 Å². The van der Waals surface area contributed by atoms with Crippen molar-refractivity contribution in [3.05, 3.63) is 35.2 Å². The zero-order chi connectivity index (χ0) is 15.1. The average molecular weight is 329 g/mol. The summed E-state index contributed by atoms with van der Waals surface area (Å²) in [4.78, 5) is 10.4. The van der Waals surface area contributed by atoms with Crippen LogP contribution in [0.1, 0.15) is 12.3 Å². The maximum absolute atomic E-state index is 10.4. The summed E-state index contributed by atoms with van der Waals surface area (Å²) < 4.78 is 10.8. The largest absolute Gasteiger partial charge is 0.494 e. The molecule has 1 heterocycles. The highest BCUT2D eigenvalue weighted by molar-refractivity contribution is 7.99. The predicted molar refractivity (Wildman–Crippen MR) is 77.9 cm³/mol. The molecule has 1 aromatic carbocycles. The Morgan fingerprint density at radius 2 is 2.10 bits per heavy atom. The van der Waals surface area contributed by atoms with Crippen LogP contribution in [0.3, 0.4) is 0 Å². The SMILES string of the molecule is O=C(O)CSc1nnc(CCCOc2ccc(Cl)cc2)o1. The fourth-order valence-electron chi connectivity index (χ4n) is 1.47. The van der Waals surface area contributed by atoms with E-state index in [1.54, 1.807) is 24.3 Å². The van der Waals surface area contributed by atoms with Crippen LogP contribution in [-0.4, -0.2) is 33.6 Å². The molecule has 0 bridgehead atoms. The molecule has 2 aromatic rings. The Morgan fingerprint density at radius 1 is 1.33 bits per heavy atom. The lowest BCUT2D eigenvalue weighted by molar-refractivity contribution is -0.133. The summed E-state index contributed by atoms with van der Waals surface area (Å²) in [5, 5.41) is 17.1. The molecule has 0 saturated carbocycles. The molecule has 0 fully saturated rings. The van der Waals surface area contributed by atoms with Gasteiger partial charge in [-0.1, -0.05) is 23.4 Å². The van der Waals surface area contributed by atoms with Gasteiger partial charge in [-0.2, -0.15) is 0 Å². The van der Waals surface area contributed by atoms with E-state index in [-0.39, 0.29) is 11.0 Å². The van der Waals surface area contributed by atoms with Gasteiger partial charge in [-0.05, 0) is 30.7 Å². The van der Waals surface area contributed by atoms with E-state index >= 15 is 0 Å². The number of carboxylic acid groups (broad SMARTS) is 1. The fraction of sp³-hybridized carbons (Fsp3) is 0.308. The molecule has 2 rings (SSSR count). The van der Waals surface area contributed by atoms with Crippen LogP contribution in [0.25, 0.3) is 0 Å². The smallest absolute Gasteiger partial charge is 0.314 e. The zero-order valence-corrected chi connectivity index (χ0v) is 12.6. The first-order valence-electron chi connectivity index (χ1n) is 6.19. The van der Waals surface area contributed by atoms with Crippen LogP contribution in [0.4, 0.5) is 0 Å². The van der Waals surface area contributed by atoms with Crippen LogP contribution in [0.5, 0.6) is 5.75 Å². The minimum atomic E-state index is -0.920. The number of aryl methyl sites for hydroxylation is 1. The van der Waals surface area contributed by atoms with Crippen LogP contribution in [0.15, 0.2) is 33.9 Å². The molecule has 0 saturated heterocycles. The number of carbonyl (C=O) groups is 1. The van der Waals surface area contributed by atoms with Crippen molar-refractivity contribution >= 4 is 29.3 Å². The molecule has 0 spiro atoms. The van der Waals surface area contributed by atoms with Gasteiger partial charge in [0.25, 0.3) is 5.22 Å². The number of hydrogen-bond acceptors (Lipinski definition) is 6. The summed E-state index contributed by atoms with van der Waals surface area (Å²) in [6, 6.07) is 7.13. The van der Waals surface area contributed by atoms with Gasteiger partial charge in [0.2, 0.25) is 5.89 Å². The average Bonchev–Trinajstić information content (AvgIpc) is 2.91. The summed E-state index contributed by atoms with van der Waals surface area (Å²) in [6.07, 6.45) is 1.29. The van der Waals surface area contributed by atoms with Crippen molar-refractivity contribution < 1.29 is 19.1 Å². The third kappa shape index (κ3) is 5.65. The quantitative estimate of drug-likeness (QED) is 0.589. The highest BCUT2D eigenvalue weighted by Gasteiger charge is 2.08. The van der Waals surface area contributed by atoms with Crippen molar-refractivity contribution in [1.82, 2.24) is 10.2 Å². The molecular weight excluding hydrogens is 316 g/mol. The van der Waals surface area contributed by atoms with E-state index in [1.165, 1.54) is 0 Å². The fourth-order valence-corrected chi connectivity index (χ4v) is 2.09. The summed E-state index contributed by atoms with van der Waals surface area (Å²) in [6.45, 7) is 0.515. The third-order valence-corrected chi connectivity index (χ3v) is 3.44. The zero-order valence-electron chi connectivity index (χ0n) is 11.0. The van der Waals surface area contributed by atoms with Gasteiger partial charge >= 0.3 is 5.97 Å². The number of hydrogen-bond donors (Lipinski definition) is 1. The van der Waals surface area contributed by atoms with E-state index in [0.29, 0.717) is 30.4 Å². The highest BCUT2D eigenvalue weighted by atomic mass is 35.5. The Bertz CT molecular complexity index is 588. The maximum Gasteiger partial charge on any atom is 0.314 e. The van der Waals surface area contributed by atoms with Crippen molar-refractivity contribution in [3.63, 3.8) is 0 Å². The van der Waals surface area contributed by atoms with Gasteiger partial charge in [0.15, 0.2) is 0 Å². The molecule has 0 amide bonds. The molecule has 0 aliphatic carbocycles. The number of nitrogens with zero attached hydrogens (tertiary/aromatic N) is 2. The molecule has 0 unspecified atom stereocenters. The Labute approximate surface area is 130 Å². The Kier molecular flexibility index (Phi) is 5.89. The van der Waals surface area contributed by atoms with Gasteiger partial charge in [-0.3, -0.25) is 4.79 Å². The van der Waals surface area contributed by atoms with Crippen molar-refractivity contribution in [2.75, 3.05) is 12.4 Å². The number of ether oxygens (including phenoxy) is 1. The molecule has 0 aliphatic heterocycles. The Balaban J connectivity index is 1.68. The lowest BCUT2D eigenvalue weighted by Crippen LogP contribution is -1.99. The first-order valence-corrected chi connectivity index (χ1v) is 7.55. The van der Waals surface area contributed by atoms with Crippen LogP contribution >= 0.6 is 23.4 Å². The monoisotopic (exact) mass is 328 g/mol. The van der Waals surface area contributed by atoms with Crippen molar-refractivity contribution in [2.45, 2.75) is 18.1 Å². The summed E-state index contributed by atoms with van der Waals surface area (Å²) in [7, 11) is 0. The van der Waals surface area contributed by atoms with Crippen LogP contribution < -0.4 is 4.74 Å². The Hall–Kier alpha value is -1.73. The van der Waals surface area contributed by atoms with Crippen molar-refractivity contribution in [2.24, 2.45) is 0 Å². The van der Waals surface area contributed by atoms with Crippen LogP contribution in [0.2, 0.25) is 5.02 Å². The van der Waals surface area contributed by atoms with Gasteiger partial charge in [0.05, 0.1) is 6.61 Å². The van der Waals surface area contributed by atoms with E-state index in [4.69, 9.17) is 25.9 Å². The molecule has 0 radical (unpaired) electrons. The number of aliphatic carboxylic acids is 1. The lowest BCUT2D eigenvalue weighted by atomic mass is 10.3. The number of benzene rings is 1. The predicted octanol–water partition coefficient (Wildman–Crippen LogP) is 2.91. The number of aromatic nitrogens is 2.